The first kappa shape index (κ1) is 15.2. The Labute approximate surface area is 109 Å². The van der Waals surface area contributed by atoms with Gasteiger partial charge in [0, 0.05) is 25.8 Å². The highest BCUT2D eigenvalue weighted by atomic mass is 16.6. The Kier molecular flexibility index (Phi) is 5.41. The monoisotopic (exact) mass is 258 g/mol. The number of carbonyl (C=O) groups excluding carboxylic acids is 1. The Morgan fingerprint density at radius 1 is 1.39 bits per heavy atom. The summed E-state index contributed by atoms with van der Waals surface area (Å²) in [5.74, 6) is 0.467. The molecule has 0 saturated heterocycles. The molecule has 1 aliphatic carbocycles. The fourth-order valence-electron chi connectivity index (χ4n) is 2.29. The molecule has 106 valence electrons. The molecule has 1 saturated carbocycles. The summed E-state index contributed by atoms with van der Waals surface area (Å²) in [5.41, 5.74) is 5.56. The molecular formula is C13H26N2O3. The first-order valence-electron chi connectivity index (χ1n) is 6.56. The molecule has 3 N–H and O–H groups in total. The molecule has 1 rings (SSSR count). The topological polar surface area (TPSA) is 73.6 Å². The van der Waals surface area contributed by atoms with Crippen LogP contribution in [-0.2, 0) is 9.47 Å². The van der Waals surface area contributed by atoms with E-state index in [0.717, 1.165) is 25.9 Å². The number of nitrogens with one attached hydrogen (secondary N) is 1. The van der Waals surface area contributed by atoms with Crippen LogP contribution in [0.3, 0.4) is 0 Å². The Morgan fingerprint density at radius 2 is 2.06 bits per heavy atom. The maximum absolute atomic E-state index is 11.7. The number of hydrogen-bond donors (Lipinski definition) is 2. The fourth-order valence-corrected chi connectivity index (χ4v) is 2.29. The van der Waals surface area contributed by atoms with E-state index in [9.17, 15) is 4.79 Å². The Balaban J connectivity index is 2.45. The first-order valence-corrected chi connectivity index (χ1v) is 6.56. The third kappa shape index (κ3) is 5.23. The highest BCUT2D eigenvalue weighted by Gasteiger charge is 2.30. The first-order chi connectivity index (χ1) is 8.31. The second-order valence-corrected chi connectivity index (χ2v) is 6.05. The normalized spacial score (nSPS) is 28.8. The van der Waals surface area contributed by atoms with Crippen molar-refractivity contribution in [2.75, 3.05) is 13.7 Å². The van der Waals surface area contributed by atoms with Gasteiger partial charge >= 0.3 is 6.09 Å². The number of nitrogens with two attached hydrogens (primary N) is 1. The molecule has 0 unspecified atom stereocenters. The molecule has 3 atom stereocenters. The fraction of sp³-hybridized carbons (Fsp3) is 0.923. The molecule has 0 radical (unpaired) electrons. The zero-order valence-electron chi connectivity index (χ0n) is 11.9. The summed E-state index contributed by atoms with van der Waals surface area (Å²) in [6.45, 7) is 6.27. The number of hydrogen-bond acceptors (Lipinski definition) is 4. The van der Waals surface area contributed by atoms with Crippen LogP contribution in [0.1, 0.15) is 40.0 Å². The van der Waals surface area contributed by atoms with Crippen molar-refractivity contribution in [3.63, 3.8) is 0 Å². The Morgan fingerprint density at radius 3 is 2.61 bits per heavy atom. The maximum atomic E-state index is 11.7. The van der Waals surface area contributed by atoms with Crippen LogP contribution in [0.15, 0.2) is 0 Å². The predicted molar refractivity (Wildman–Crippen MR) is 70.4 cm³/mol. The number of rotatable bonds is 3. The minimum Gasteiger partial charge on any atom is -0.444 e. The van der Waals surface area contributed by atoms with E-state index < -0.39 is 5.60 Å². The minimum absolute atomic E-state index is 0.00521. The summed E-state index contributed by atoms with van der Waals surface area (Å²) in [5, 5.41) is 2.87. The van der Waals surface area contributed by atoms with E-state index in [4.69, 9.17) is 15.2 Å². The molecule has 0 aromatic carbocycles. The maximum Gasteiger partial charge on any atom is 0.407 e. The van der Waals surface area contributed by atoms with Crippen molar-refractivity contribution in [1.82, 2.24) is 5.32 Å². The number of carbonyl (C=O) groups is 1. The van der Waals surface area contributed by atoms with Gasteiger partial charge in [-0.2, -0.15) is 0 Å². The van der Waals surface area contributed by atoms with Crippen molar-refractivity contribution in [3.05, 3.63) is 0 Å². The van der Waals surface area contributed by atoms with E-state index in [1.165, 1.54) is 0 Å². The summed E-state index contributed by atoms with van der Waals surface area (Å²) >= 11 is 0. The molecule has 0 spiro atoms. The van der Waals surface area contributed by atoms with Crippen molar-refractivity contribution in [2.45, 2.75) is 57.7 Å². The van der Waals surface area contributed by atoms with Gasteiger partial charge in [-0.1, -0.05) is 0 Å². The highest BCUT2D eigenvalue weighted by molar-refractivity contribution is 5.68. The highest BCUT2D eigenvalue weighted by Crippen LogP contribution is 2.24. The van der Waals surface area contributed by atoms with Gasteiger partial charge in [-0.15, -0.1) is 0 Å². The second-order valence-electron chi connectivity index (χ2n) is 6.05. The molecule has 5 heteroatoms. The third-order valence-electron chi connectivity index (χ3n) is 3.12. The second kappa shape index (κ2) is 6.38. The van der Waals surface area contributed by atoms with Crippen LogP contribution in [0.2, 0.25) is 0 Å². The van der Waals surface area contributed by atoms with Gasteiger partial charge < -0.3 is 20.5 Å². The quantitative estimate of drug-likeness (QED) is 0.807. The molecule has 1 fully saturated rings. The molecule has 0 aromatic heterocycles. The Hall–Kier alpha value is -0.810. The van der Waals surface area contributed by atoms with Crippen molar-refractivity contribution in [1.29, 1.82) is 0 Å². The SMILES string of the molecule is COC[C@@H]1CC[C@@H](N)[C@@H](NC(=O)OC(C)(C)C)C1. The summed E-state index contributed by atoms with van der Waals surface area (Å²) in [7, 11) is 1.70. The Bertz CT molecular complexity index is 276. The molecule has 0 aliphatic heterocycles. The van der Waals surface area contributed by atoms with Crippen LogP contribution in [0, 0.1) is 5.92 Å². The lowest BCUT2D eigenvalue weighted by atomic mass is 9.83. The summed E-state index contributed by atoms with van der Waals surface area (Å²) in [6, 6.07) is -0.0145. The van der Waals surface area contributed by atoms with E-state index in [1.807, 2.05) is 20.8 Å². The third-order valence-corrected chi connectivity index (χ3v) is 3.12. The molecule has 18 heavy (non-hydrogen) atoms. The minimum atomic E-state index is -0.477. The lowest BCUT2D eigenvalue weighted by Gasteiger charge is -2.34. The van der Waals surface area contributed by atoms with Gasteiger partial charge in [0.25, 0.3) is 0 Å². The van der Waals surface area contributed by atoms with Crippen molar-refractivity contribution in [2.24, 2.45) is 11.7 Å². The standard InChI is InChI=1S/C13H26N2O3/c1-13(2,3)18-12(16)15-11-7-9(8-17-4)5-6-10(11)14/h9-11H,5-8,14H2,1-4H3,(H,15,16)/t9-,10-,11+/m1/s1. The van der Waals surface area contributed by atoms with Gasteiger partial charge in [0.15, 0.2) is 0 Å². The van der Waals surface area contributed by atoms with Gasteiger partial charge in [-0.25, -0.2) is 4.79 Å². The number of amides is 1. The summed E-state index contributed by atoms with van der Waals surface area (Å²) in [4.78, 5) is 11.7. The molecule has 1 amide bonds. The van der Waals surface area contributed by atoms with Crippen LogP contribution in [0.5, 0.6) is 0 Å². The smallest absolute Gasteiger partial charge is 0.407 e. The molecule has 0 aromatic rings. The van der Waals surface area contributed by atoms with Crippen LogP contribution in [0.4, 0.5) is 4.79 Å². The van der Waals surface area contributed by atoms with E-state index in [0.29, 0.717) is 5.92 Å². The number of alkyl carbamates (subject to hydrolysis) is 1. The van der Waals surface area contributed by atoms with E-state index in [1.54, 1.807) is 7.11 Å². The van der Waals surface area contributed by atoms with E-state index >= 15 is 0 Å². The van der Waals surface area contributed by atoms with E-state index in [-0.39, 0.29) is 18.2 Å². The summed E-state index contributed by atoms with van der Waals surface area (Å²) < 4.78 is 10.4. The molecule has 0 bridgehead atoms. The molecular weight excluding hydrogens is 232 g/mol. The lowest BCUT2D eigenvalue weighted by molar-refractivity contribution is 0.0454. The number of methoxy groups -OCH3 is 1. The van der Waals surface area contributed by atoms with Gasteiger partial charge in [0.05, 0.1) is 0 Å². The van der Waals surface area contributed by atoms with Crippen molar-refractivity contribution in [3.8, 4) is 0 Å². The van der Waals surface area contributed by atoms with Gasteiger partial charge in [-0.3, -0.25) is 0 Å². The van der Waals surface area contributed by atoms with Crippen LogP contribution in [0.25, 0.3) is 0 Å². The largest absolute Gasteiger partial charge is 0.444 e. The molecule has 1 aliphatic rings. The van der Waals surface area contributed by atoms with E-state index in [2.05, 4.69) is 5.32 Å². The average Bonchev–Trinajstić information content (AvgIpc) is 2.20. The van der Waals surface area contributed by atoms with Gasteiger partial charge in [0.1, 0.15) is 5.60 Å². The zero-order chi connectivity index (χ0) is 13.8. The van der Waals surface area contributed by atoms with Crippen LogP contribution in [-0.4, -0.2) is 37.5 Å². The zero-order valence-corrected chi connectivity index (χ0v) is 11.9. The molecule has 5 nitrogen and oxygen atoms in total. The average molecular weight is 258 g/mol. The molecule has 0 heterocycles. The van der Waals surface area contributed by atoms with Gasteiger partial charge in [0.2, 0.25) is 0 Å². The summed E-state index contributed by atoms with van der Waals surface area (Å²) in [6.07, 6.45) is 2.44. The van der Waals surface area contributed by atoms with Crippen molar-refractivity contribution >= 4 is 6.09 Å². The van der Waals surface area contributed by atoms with Crippen molar-refractivity contribution < 1.29 is 14.3 Å². The number of ether oxygens (including phenoxy) is 2. The van der Waals surface area contributed by atoms with Crippen LogP contribution < -0.4 is 11.1 Å². The predicted octanol–water partition coefficient (Wildman–Crippen LogP) is 1.65. The van der Waals surface area contributed by atoms with Gasteiger partial charge in [-0.05, 0) is 46.0 Å². The lowest BCUT2D eigenvalue weighted by Crippen LogP contribution is -2.52. The van der Waals surface area contributed by atoms with Crippen LogP contribution >= 0.6 is 0 Å².